The first-order valence-electron chi connectivity index (χ1n) is 13.7. The number of phenols is 3. The number of carbonyl (C=O) groups excluding carboxylic acids is 3. The van der Waals surface area contributed by atoms with Crippen molar-refractivity contribution in [3.05, 3.63) is 51.6 Å². The van der Waals surface area contributed by atoms with Gasteiger partial charge in [0, 0.05) is 41.6 Å². The molecule has 1 fully saturated rings. The van der Waals surface area contributed by atoms with E-state index in [9.17, 15) is 39.9 Å². The molecule has 2 aromatic carbocycles. The molecule has 0 radical (unpaired) electrons. The van der Waals surface area contributed by atoms with Crippen LogP contribution in [0.2, 0.25) is 0 Å². The van der Waals surface area contributed by atoms with Gasteiger partial charge >= 0.3 is 5.97 Å². The number of carbonyl (C=O) groups is 3. The molecule has 7 atom stereocenters. The maximum Gasteiger partial charge on any atom is 0.316 e. The third kappa shape index (κ3) is 4.54. The molecule has 0 aromatic heterocycles. The number of phenolic OH excluding ortho intramolecular Hbond substituents is 3. The fourth-order valence-corrected chi connectivity index (χ4v) is 6.56. The third-order valence-corrected chi connectivity index (χ3v) is 8.83. The van der Waals surface area contributed by atoms with E-state index in [0.717, 1.165) is 19.2 Å². The summed E-state index contributed by atoms with van der Waals surface area (Å²) in [5.74, 6) is -5.51. The van der Waals surface area contributed by atoms with E-state index in [1.54, 1.807) is 13.8 Å². The average Bonchev–Trinajstić information content (AvgIpc) is 2.92. The average molecular weight is 586 g/mol. The fourth-order valence-electron chi connectivity index (χ4n) is 6.56. The van der Waals surface area contributed by atoms with Crippen LogP contribution >= 0.6 is 0 Å². The molecule has 12 heteroatoms. The Hall–Kier alpha value is -3.55. The van der Waals surface area contributed by atoms with Gasteiger partial charge in [0.1, 0.15) is 23.2 Å². The molecule has 1 saturated heterocycles. The van der Waals surface area contributed by atoms with Gasteiger partial charge in [-0.3, -0.25) is 14.4 Å². The van der Waals surface area contributed by atoms with Crippen molar-refractivity contribution in [1.29, 1.82) is 0 Å². The molecule has 226 valence electrons. The summed E-state index contributed by atoms with van der Waals surface area (Å²) in [7, 11) is 4.77. The zero-order chi connectivity index (χ0) is 30.8. The highest BCUT2D eigenvalue weighted by molar-refractivity contribution is 6.30. The van der Waals surface area contributed by atoms with E-state index in [1.165, 1.54) is 6.07 Å². The number of benzene rings is 2. The monoisotopic (exact) mass is 585 g/mol. The first-order valence-corrected chi connectivity index (χ1v) is 13.7. The molecule has 0 spiro atoms. The number of fused-ring (bicyclic) bond motifs is 3. The van der Waals surface area contributed by atoms with Gasteiger partial charge in [-0.2, -0.15) is 0 Å². The van der Waals surface area contributed by atoms with E-state index in [2.05, 4.69) is 0 Å². The van der Waals surface area contributed by atoms with Crippen LogP contribution in [0.15, 0.2) is 18.2 Å². The van der Waals surface area contributed by atoms with Gasteiger partial charge in [0.25, 0.3) is 0 Å². The normalized spacial score (nSPS) is 30.5. The maximum absolute atomic E-state index is 13.6. The quantitative estimate of drug-likeness (QED) is 0.274. The lowest BCUT2D eigenvalue weighted by molar-refractivity contribution is -0.258. The van der Waals surface area contributed by atoms with Gasteiger partial charge in [-0.15, -0.1) is 0 Å². The topological polar surface area (TPSA) is 183 Å². The van der Waals surface area contributed by atoms with Crippen molar-refractivity contribution in [2.24, 2.45) is 0 Å². The number of hydrogen-bond acceptors (Lipinski definition) is 12. The van der Waals surface area contributed by atoms with E-state index in [0.29, 0.717) is 0 Å². The van der Waals surface area contributed by atoms with Crippen molar-refractivity contribution in [3.63, 3.8) is 0 Å². The van der Waals surface area contributed by atoms with Crippen LogP contribution in [-0.4, -0.2) is 99.3 Å². The minimum absolute atomic E-state index is 0.00826. The molecule has 12 nitrogen and oxygen atoms in total. The second-order valence-corrected chi connectivity index (χ2v) is 11.5. The van der Waals surface area contributed by atoms with Crippen molar-refractivity contribution in [1.82, 2.24) is 4.90 Å². The van der Waals surface area contributed by atoms with Crippen LogP contribution in [0, 0.1) is 0 Å². The summed E-state index contributed by atoms with van der Waals surface area (Å²) in [6.07, 6.45) is -3.30. The van der Waals surface area contributed by atoms with Gasteiger partial charge in [0.15, 0.2) is 12.1 Å². The van der Waals surface area contributed by atoms with Gasteiger partial charge in [0.05, 0.1) is 42.1 Å². The highest BCUT2D eigenvalue weighted by atomic mass is 16.7. The minimum Gasteiger partial charge on any atom is -0.508 e. The largest absolute Gasteiger partial charge is 0.508 e. The summed E-state index contributed by atoms with van der Waals surface area (Å²) in [5, 5.41) is 54.5. The van der Waals surface area contributed by atoms with Crippen LogP contribution in [-0.2, 0) is 19.0 Å². The molecule has 2 aliphatic carbocycles. The molecule has 1 aliphatic heterocycles. The first-order chi connectivity index (χ1) is 19.7. The van der Waals surface area contributed by atoms with Crippen molar-refractivity contribution in [2.75, 3.05) is 21.2 Å². The predicted molar refractivity (Wildman–Crippen MR) is 146 cm³/mol. The van der Waals surface area contributed by atoms with Crippen molar-refractivity contribution >= 4 is 17.5 Å². The van der Waals surface area contributed by atoms with Gasteiger partial charge < -0.3 is 44.6 Å². The predicted octanol–water partition coefficient (Wildman–Crippen LogP) is 1.86. The second-order valence-electron chi connectivity index (χ2n) is 11.5. The molecular formula is C30H35NO11. The third-order valence-electron chi connectivity index (χ3n) is 8.83. The Morgan fingerprint density at radius 2 is 1.76 bits per heavy atom. The lowest BCUT2D eigenvalue weighted by atomic mass is 9.67. The van der Waals surface area contributed by atoms with Gasteiger partial charge in [0.2, 0.25) is 5.78 Å². The number of nitrogens with zero attached hydrogens (tertiary/aromatic N) is 1. The van der Waals surface area contributed by atoms with Crippen molar-refractivity contribution in [3.8, 4) is 17.2 Å². The smallest absolute Gasteiger partial charge is 0.316 e. The molecule has 0 saturated carbocycles. The van der Waals surface area contributed by atoms with Crippen LogP contribution < -0.4 is 0 Å². The molecule has 7 unspecified atom stereocenters. The molecule has 0 amide bonds. The van der Waals surface area contributed by atoms with Crippen LogP contribution in [0.3, 0.4) is 0 Å². The van der Waals surface area contributed by atoms with E-state index < -0.39 is 76.5 Å². The molecule has 0 bridgehead atoms. The number of likely N-dealkylation sites (N-methyl/N-ethyl adjacent to an activating group) is 1. The Labute approximate surface area is 242 Å². The standard InChI is InChI=1S/C30H35NO11/c1-6-30(39)11-19(42-20-10-17(31(3)4)25(34)12(2)41-20)22-14(24(30)29(38)40-5)9-16-23(28(22)37)27(36)21-15(26(16)35)7-13(32)8-18(21)33/h7-9,12,17,19-20,24-25,32-34,37,39H,6,10-11H2,1-5H3. The Bertz CT molecular complexity index is 1470. The molecule has 1 heterocycles. The summed E-state index contributed by atoms with van der Waals surface area (Å²) in [5.41, 5.74) is -3.00. The van der Waals surface area contributed by atoms with Crippen LogP contribution in [0.1, 0.15) is 88.1 Å². The SMILES string of the molecule is CCC1(O)CC(OC2CC(N(C)C)C(O)C(C)O2)c2c(cc3c(c2O)C(=O)c2c(O)cc(O)cc2C3=O)C1C(=O)OC. The molecule has 42 heavy (non-hydrogen) atoms. The van der Waals surface area contributed by atoms with Gasteiger partial charge in [-0.25, -0.2) is 0 Å². The number of aliphatic hydroxyl groups excluding tert-OH is 1. The van der Waals surface area contributed by atoms with Gasteiger partial charge in [-0.1, -0.05) is 6.92 Å². The fraction of sp³-hybridized carbons (Fsp3) is 0.500. The lowest BCUT2D eigenvalue weighted by Crippen LogP contribution is -2.54. The number of esters is 1. The molecular weight excluding hydrogens is 550 g/mol. The highest BCUT2D eigenvalue weighted by Crippen LogP contribution is 2.54. The number of hydrogen-bond donors (Lipinski definition) is 5. The first kappa shape index (κ1) is 29.9. The maximum atomic E-state index is 13.6. The Kier molecular flexibility index (Phi) is 7.57. The molecule has 5 rings (SSSR count). The van der Waals surface area contributed by atoms with E-state index in [1.807, 2.05) is 19.0 Å². The summed E-state index contributed by atoms with van der Waals surface area (Å²) < 4.78 is 17.3. The zero-order valence-corrected chi connectivity index (χ0v) is 24.0. The number of rotatable bonds is 5. The van der Waals surface area contributed by atoms with Crippen LogP contribution in [0.5, 0.6) is 17.2 Å². The minimum atomic E-state index is -1.73. The van der Waals surface area contributed by atoms with Crippen molar-refractivity contribution in [2.45, 2.75) is 75.3 Å². The second kappa shape index (κ2) is 10.6. The Morgan fingerprint density at radius 1 is 1.10 bits per heavy atom. The molecule has 3 aliphatic rings. The highest BCUT2D eigenvalue weighted by Gasteiger charge is 2.53. The number of aromatic hydroxyl groups is 3. The number of aliphatic hydroxyl groups is 2. The Morgan fingerprint density at radius 3 is 2.38 bits per heavy atom. The number of methoxy groups -OCH3 is 1. The van der Waals surface area contributed by atoms with Crippen LogP contribution in [0.4, 0.5) is 0 Å². The van der Waals surface area contributed by atoms with Crippen LogP contribution in [0.25, 0.3) is 0 Å². The molecule has 5 N–H and O–H groups in total. The van der Waals surface area contributed by atoms with E-state index >= 15 is 0 Å². The number of ether oxygens (including phenoxy) is 3. The van der Waals surface area contributed by atoms with Gasteiger partial charge in [-0.05, 0) is 45.1 Å². The summed E-state index contributed by atoms with van der Waals surface area (Å²) in [4.78, 5) is 42.2. The summed E-state index contributed by atoms with van der Waals surface area (Å²) in [6, 6.07) is 2.89. The van der Waals surface area contributed by atoms with E-state index in [4.69, 9.17) is 14.2 Å². The number of ketones is 2. The Balaban J connectivity index is 1.70. The van der Waals surface area contributed by atoms with E-state index in [-0.39, 0.29) is 53.1 Å². The zero-order valence-electron chi connectivity index (χ0n) is 24.0. The van der Waals surface area contributed by atoms with Crippen molar-refractivity contribution < 1.29 is 54.1 Å². The summed E-state index contributed by atoms with van der Waals surface area (Å²) in [6.45, 7) is 3.37. The summed E-state index contributed by atoms with van der Waals surface area (Å²) >= 11 is 0. The lowest BCUT2D eigenvalue weighted by Gasteiger charge is -2.46. The molecule has 2 aromatic rings.